The van der Waals surface area contributed by atoms with E-state index >= 15 is 0 Å². The molecule has 1 fully saturated rings. The second kappa shape index (κ2) is 8.10. The van der Waals surface area contributed by atoms with Crippen molar-refractivity contribution >= 4 is 17.0 Å². The summed E-state index contributed by atoms with van der Waals surface area (Å²) in [7, 11) is 0. The number of rotatable bonds is 6. The number of nitrogens with zero attached hydrogens (tertiary/aromatic N) is 5. The summed E-state index contributed by atoms with van der Waals surface area (Å²) in [4.78, 5) is 12.7. The number of hydrogen-bond donors (Lipinski definition) is 4. The minimum absolute atomic E-state index is 0.0618. The number of hydrogen-bond acceptors (Lipinski definition) is 9. The van der Waals surface area contributed by atoms with Crippen LogP contribution in [0.2, 0.25) is 0 Å². The molecule has 0 spiro atoms. The van der Waals surface area contributed by atoms with Crippen LogP contribution in [0.15, 0.2) is 36.7 Å². The average molecular weight is 396 g/mol. The van der Waals surface area contributed by atoms with Crippen LogP contribution in [0.25, 0.3) is 11.2 Å². The zero-order valence-corrected chi connectivity index (χ0v) is 15.4. The van der Waals surface area contributed by atoms with Crippen molar-refractivity contribution in [3.8, 4) is 6.07 Å². The number of aromatic nitrogens is 4. The van der Waals surface area contributed by atoms with Crippen LogP contribution in [-0.4, -0.2) is 66.3 Å². The normalized spacial score (nSPS) is 23.9. The molecule has 0 amide bonds. The fraction of sp³-hybridized carbons (Fsp3) is 0.368. The van der Waals surface area contributed by atoms with Gasteiger partial charge in [-0.2, -0.15) is 15.2 Å². The van der Waals surface area contributed by atoms with Gasteiger partial charge in [0.15, 0.2) is 23.2 Å². The van der Waals surface area contributed by atoms with Gasteiger partial charge < -0.3 is 25.4 Å². The minimum atomic E-state index is -1.28. The van der Waals surface area contributed by atoms with Crippen LogP contribution in [0.5, 0.6) is 0 Å². The van der Waals surface area contributed by atoms with Gasteiger partial charge in [-0.1, -0.05) is 30.3 Å². The Bertz CT molecular complexity index is 1030. The summed E-state index contributed by atoms with van der Waals surface area (Å²) in [6.45, 7) is 0.133. The Hall–Kier alpha value is -3.10. The molecule has 3 aromatic rings. The number of benzene rings is 1. The van der Waals surface area contributed by atoms with Gasteiger partial charge in [0, 0.05) is 6.54 Å². The largest absolute Gasteiger partial charge is 0.394 e. The van der Waals surface area contributed by atoms with Crippen molar-refractivity contribution in [2.24, 2.45) is 0 Å². The third-order valence-electron chi connectivity index (χ3n) is 4.86. The first-order chi connectivity index (χ1) is 14.1. The summed E-state index contributed by atoms with van der Waals surface area (Å²) in [6.07, 6.45) is -2.28. The lowest BCUT2D eigenvalue weighted by Gasteiger charge is -2.16. The molecule has 0 saturated carbocycles. The molecule has 29 heavy (non-hydrogen) atoms. The number of nitrogens with one attached hydrogen (secondary N) is 1. The summed E-state index contributed by atoms with van der Waals surface area (Å²) in [5.74, 6) is 0.334. The molecular formula is C19H20N6O4. The van der Waals surface area contributed by atoms with Crippen molar-refractivity contribution in [3.63, 3.8) is 0 Å². The summed E-state index contributed by atoms with van der Waals surface area (Å²) < 4.78 is 6.98. The minimum Gasteiger partial charge on any atom is -0.394 e. The molecule has 1 aromatic carbocycles. The summed E-state index contributed by atoms with van der Waals surface area (Å²) in [5.41, 5.74) is 1.85. The number of aliphatic hydroxyl groups excluding tert-OH is 3. The number of aliphatic hydroxyl groups is 3. The van der Waals surface area contributed by atoms with Crippen LogP contribution in [0.3, 0.4) is 0 Å². The third kappa shape index (κ3) is 3.64. The van der Waals surface area contributed by atoms with Crippen LogP contribution in [0, 0.1) is 11.3 Å². The van der Waals surface area contributed by atoms with E-state index < -0.39 is 31.1 Å². The molecule has 1 aliphatic rings. The first-order valence-electron chi connectivity index (χ1n) is 9.17. The molecule has 4 atom stereocenters. The molecule has 150 valence electrons. The van der Waals surface area contributed by atoms with Gasteiger partial charge in [0.05, 0.1) is 12.9 Å². The molecule has 0 aliphatic carbocycles. The van der Waals surface area contributed by atoms with E-state index in [1.165, 1.54) is 10.9 Å². The van der Waals surface area contributed by atoms with Crippen molar-refractivity contribution in [2.45, 2.75) is 31.0 Å². The molecule has 0 bridgehead atoms. The van der Waals surface area contributed by atoms with Gasteiger partial charge in [0.1, 0.15) is 24.4 Å². The van der Waals surface area contributed by atoms with Gasteiger partial charge >= 0.3 is 0 Å². The highest BCUT2D eigenvalue weighted by Gasteiger charge is 2.44. The molecule has 2 aromatic heterocycles. The highest BCUT2D eigenvalue weighted by atomic mass is 16.6. The predicted octanol–water partition coefficient (Wildman–Crippen LogP) is -0.0359. The monoisotopic (exact) mass is 396 g/mol. The molecule has 4 rings (SSSR count). The summed E-state index contributed by atoms with van der Waals surface area (Å²) in [5, 5.41) is 42.1. The molecule has 10 heteroatoms. The Kier molecular flexibility index (Phi) is 5.37. The maximum atomic E-state index is 10.3. The van der Waals surface area contributed by atoms with E-state index in [9.17, 15) is 20.6 Å². The zero-order chi connectivity index (χ0) is 20.4. The standard InChI is InChI=1S/C19H20N6O4/c20-8-13-23-17(21-7-6-11-4-2-1-3-5-11)14-18(24-13)25(10-22-14)19-16(28)15(27)12(9-26)29-19/h1-5,10,12,15-16,19,26-28H,6-7,9H2,(H,21,23,24)/t12-,15-,16-,19?/m1/s1. The SMILES string of the molecule is N#Cc1nc(NCCc2ccccc2)c2ncn(C3O[C@H](CO)[C@@H](O)[C@H]3O)c2n1. The highest BCUT2D eigenvalue weighted by molar-refractivity contribution is 5.83. The Morgan fingerprint density at radius 3 is 2.66 bits per heavy atom. The smallest absolute Gasteiger partial charge is 0.236 e. The maximum Gasteiger partial charge on any atom is 0.236 e. The second-order valence-corrected chi connectivity index (χ2v) is 6.72. The summed E-state index contributed by atoms with van der Waals surface area (Å²) in [6, 6.07) is 11.9. The van der Waals surface area contributed by atoms with E-state index in [0.29, 0.717) is 17.9 Å². The first kappa shape index (κ1) is 19.2. The van der Waals surface area contributed by atoms with E-state index in [0.717, 1.165) is 12.0 Å². The van der Waals surface area contributed by atoms with Crippen molar-refractivity contribution in [1.82, 2.24) is 19.5 Å². The van der Waals surface area contributed by atoms with Crippen LogP contribution >= 0.6 is 0 Å². The van der Waals surface area contributed by atoms with Gasteiger partial charge in [-0.15, -0.1) is 0 Å². The predicted molar refractivity (Wildman–Crippen MR) is 102 cm³/mol. The molecule has 0 radical (unpaired) electrons. The lowest BCUT2D eigenvalue weighted by atomic mass is 10.1. The van der Waals surface area contributed by atoms with E-state index in [-0.39, 0.29) is 11.5 Å². The van der Waals surface area contributed by atoms with Crippen LogP contribution in [-0.2, 0) is 11.2 Å². The lowest BCUT2D eigenvalue weighted by molar-refractivity contribution is -0.0511. The van der Waals surface area contributed by atoms with Gasteiger partial charge in [-0.3, -0.25) is 4.57 Å². The molecule has 4 N–H and O–H groups in total. The van der Waals surface area contributed by atoms with E-state index in [4.69, 9.17) is 4.74 Å². The molecule has 1 aliphatic heterocycles. The maximum absolute atomic E-state index is 10.3. The third-order valence-corrected chi connectivity index (χ3v) is 4.86. The van der Waals surface area contributed by atoms with Crippen LogP contribution < -0.4 is 5.32 Å². The number of anilines is 1. The Labute approximate surface area is 166 Å². The van der Waals surface area contributed by atoms with Crippen molar-refractivity contribution in [1.29, 1.82) is 5.26 Å². The van der Waals surface area contributed by atoms with Crippen LogP contribution in [0.1, 0.15) is 17.6 Å². The Morgan fingerprint density at radius 2 is 1.97 bits per heavy atom. The average Bonchev–Trinajstić information content (AvgIpc) is 3.29. The van der Waals surface area contributed by atoms with Gasteiger partial charge in [-0.25, -0.2) is 4.98 Å². The van der Waals surface area contributed by atoms with Crippen molar-refractivity contribution in [3.05, 3.63) is 48.0 Å². The van der Waals surface area contributed by atoms with E-state index in [1.54, 1.807) is 0 Å². The van der Waals surface area contributed by atoms with Crippen LogP contribution in [0.4, 0.5) is 5.82 Å². The number of ether oxygens (including phenoxy) is 1. The summed E-state index contributed by atoms with van der Waals surface area (Å²) >= 11 is 0. The van der Waals surface area contributed by atoms with Gasteiger partial charge in [-0.05, 0) is 12.0 Å². The first-order valence-corrected chi connectivity index (χ1v) is 9.17. The highest BCUT2D eigenvalue weighted by Crippen LogP contribution is 2.32. The Balaban J connectivity index is 1.62. The fourth-order valence-electron chi connectivity index (χ4n) is 3.36. The molecule has 10 nitrogen and oxygen atoms in total. The molecule has 3 heterocycles. The fourth-order valence-corrected chi connectivity index (χ4v) is 3.36. The topological polar surface area (TPSA) is 149 Å². The van der Waals surface area contributed by atoms with Gasteiger partial charge in [0.25, 0.3) is 0 Å². The van der Waals surface area contributed by atoms with Crippen molar-refractivity contribution in [2.75, 3.05) is 18.5 Å². The molecule has 1 saturated heterocycles. The lowest BCUT2D eigenvalue weighted by Crippen LogP contribution is -2.33. The van der Waals surface area contributed by atoms with Gasteiger partial charge in [0.2, 0.25) is 5.82 Å². The quantitative estimate of drug-likeness (QED) is 0.450. The molecular weight excluding hydrogens is 376 g/mol. The van der Waals surface area contributed by atoms with E-state index in [1.807, 2.05) is 36.4 Å². The second-order valence-electron chi connectivity index (χ2n) is 6.72. The Morgan fingerprint density at radius 1 is 1.17 bits per heavy atom. The zero-order valence-electron chi connectivity index (χ0n) is 15.4. The van der Waals surface area contributed by atoms with Crippen molar-refractivity contribution < 1.29 is 20.1 Å². The number of nitriles is 1. The van der Waals surface area contributed by atoms with E-state index in [2.05, 4.69) is 20.3 Å². The molecule has 1 unspecified atom stereocenters. The number of imidazole rings is 1. The number of fused-ring (bicyclic) bond motifs is 1.